The number of morpholine rings is 1. The zero-order chi connectivity index (χ0) is 31.5. The fourth-order valence-corrected chi connectivity index (χ4v) is 5.84. The van der Waals surface area contributed by atoms with E-state index >= 15 is 4.39 Å². The van der Waals surface area contributed by atoms with Gasteiger partial charge >= 0.3 is 12.0 Å². The first-order valence-electron chi connectivity index (χ1n) is 15.4. The number of carbonyl (C=O) groups excluding carboxylic acids is 2. The van der Waals surface area contributed by atoms with Crippen molar-refractivity contribution in [2.45, 2.75) is 63.8 Å². The average Bonchev–Trinajstić information content (AvgIpc) is 3.05. The number of carboxylic acid groups (broad SMARTS) is 1. The molecule has 3 fully saturated rings. The molecule has 12 nitrogen and oxygen atoms in total. The van der Waals surface area contributed by atoms with Crippen molar-refractivity contribution >= 4 is 35.2 Å². The van der Waals surface area contributed by atoms with Crippen LogP contribution in [0.25, 0.3) is 0 Å². The van der Waals surface area contributed by atoms with Crippen molar-refractivity contribution in [3.8, 4) is 0 Å². The van der Waals surface area contributed by atoms with Crippen LogP contribution in [0.2, 0.25) is 0 Å². The van der Waals surface area contributed by atoms with E-state index in [2.05, 4.69) is 15.3 Å². The van der Waals surface area contributed by atoms with Gasteiger partial charge in [-0.15, -0.1) is 0 Å². The van der Waals surface area contributed by atoms with Gasteiger partial charge in [0.1, 0.15) is 6.33 Å². The number of hydrogen-bond donors (Lipinski definition) is 3. The average molecular weight is 614 g/mol. The van der Waals surface area contributed by atoms with Gasteiger partial charge in [0.05, 0.1) is 19.1 Å². The predicted octanol–water partition coefficient (Wildman–Crippen LogP) is 3.65. The van der Waals surface area contributed by atoms with Crippen molar-refractivity contribution in [2.75, 3.05) is 61.6 Å². The van der Waals surface area contributed by atoms with Gasteiger partial charge in [0.2, 0.25) is 11.7 Å². The number of hydrogen-bond acceptors (Lipinski definition) is 8. The number of benzene rings is 1. The van der Waals surface area contributed by atoms with Crippen LogP contribution in [-0.2, 0) is 20.7 Å². The number of nitrogens with zero attached hydrogens (tertiary/aromatic N) is 5. The number of ether oxygens (including phenoxy) is 1. The van der Waals surface area contributed by atoms with Gasteiger partial charge in [-0.25, -0.2) is 14.8 Å². The molecule has 2 saturated heterocycles. The van der Waals surface area contributed by atoms with Crippen molar-refractivity contribution in [1.29, 1.82) is 0 Å². The second kappa shape index (κ2) is 16.2. The second-order valence-corrected chi connectivity index (χ2v) is 11.5. The number of rotatable bonds is 8. The Morgan fingerprint density at radius 1 is 1.05 bits per heavy atom. The molecule has 4 N–H and O–H groups in total. The normalized spacial score (nSPS) is 19.0. The van der Waals surface area contributed by atoms with Gasteiger partial charge in [-0.3, -0.25) is 9.59 Å². The summed E-state index contributed by atoms with van der Waals surface area (Å²) in [6.07, 6.45) is 9.35. The fourth-order valence-electron chi connectivity index (χ4n) is 5.84. The van der Waals surface area contributed by atoms with E-state index in [4.69, 9.17) is 15.6 Å². The molecule has 13 heteroatoms. The minimum atomic E-state index is -0.810. The van der Waals surface area contributed by atoms with Crippen molar-refractivity contribution < 1.29 is 28.6 Å². The molecular weight excluding hydrogens is 569 g/mol. The number of nitrogens with two attached hydrogens (primary N) is 1. The Balaban J connectivity index is 0.000000204. The van der Waals surface area contributed by atoms with E-state index in [0.29, 0.717) is 63.4 Å². The van der Waals surface area contributed by atoms with Crippen molar-refractivity contribution in [3.05, 3.63) is 42.0 Å². The molecule has 1 unspecified atom stereocenters. The summed E-state index contributed by atoms with van der Waals surface area (Å²) in [5.74, 6) is -1.13. The summed E-state index contributed by atoms with van der Waals surface area (Å²) in [7, 11) is 1.91. The number of urea groups is 1. The molecule has 3 aliphatic rings. The molecule has 1 aromatic carbocycles. The standard InChI is InChI=1S/C17H26FN5O.C14H18N2O4/c1-22(13-7-3-2-4-8-13)16-14(18)17(21-11-20-16)23-9-5-6-12(10-23)15(19)24;17-13(18)6-3-11-1-4-12(5-2-11)15-14(19)16-7-9-20-10-8-16/h11-13H,2-10H2,1H3,(H2,19,24);1-2,4-5H,3,6-10H2,(H,15,19)(H,17,18). The third kappa shape index (κ3) is 9.25. The summed E-state index contributed by atoms with van der Waals surface area (Å²) in [6.45, 7) is 3.45. The molecule has 1 aromatic heterocycles. The van der Waals surface area contributed by atoms with Gasteiger partial charge in [-0.05, 0) is 49.8 Å². The number of carbonyl (C=O) groups is 3. The minimum absolute atomic E-state index is 0.111. The highest BCUT2D eigenvalue weighted by Gasteiger charge is 2.29. The SMILES string of the molecule is CN(c1ncnc(N2CCCC(C(N)=O)C2)c1F)C1CCCCC1.O=C(O)CCc1ccc(NC(=O)N2CCOCC2)cc1. The fraction of sp³-hybridized carbons (Fsp3) is 0.581. The van der Waals surface area contributed by atoms with Crippen LogP contribution in [0.5, 0.6) is 0 Å². The predicted molar refractivity (Wildman–Crippen MR) is 165 cm³/mol. The summed E-state index contributed by atoms with van der Waals surface area (Å²) < 4.78 is 20.3. The molecule has 0 radical (unpaired) electrons. The molecule has 44 heavy (non-hydrogen) atoms. The molecule has 2 aliphatic heterocycles. The van der Waals surface area contributed by atoms with E-state index in [1.807, 2.05) is 29.0 Å². The molecule has 3 heterocycles. The summed E-state index contributed by atoms with van der Waals surface area (Å²) in [5.41, 5.74) is 7.07. The largest absolute Gasteiger partial charge is 0.481 e. The van der Waals surface area contributed by atoms with Crippen LogP contribution in [0.3, 0.4) is 0 Å². The maximum absolute atomic E-state index is 15.1. The highest BCUT2D eigenvalue weighted by atomic mass is 19.1. The first-order valence-corrected chi connectivity index (χ1v) is 15.4. The molecule has 1 saturated carbocycles. The molecular formula is C31H44FN7O5. The van der Waals surface area contributed by atoms with Crippen LogP contribution in [0.4, 0.5) is 26.5 Å². The summed E-state index contributed by atoms with van der Waals surface area (Å²) in [5, 5.41) is 11.4. The Labute approximate surface area is 257 Å². The number of aromatic nitrogens is 2. The van der Waals surface area contributed by atoms with Crippen LogP contribution >= 0.6 is 0 Å². The summed E-state index contributed by atoms with van der Waals surface area (Å²) >= 11 is 0. The van der Waals surface area contributed by atoms with E-state index in [1.54, 1.807) is 17.0 Å². The van der Waals surface area contributed by atoms with Crippen LogP contribution in [0.1, 0.15) is 56.9 Å². The van der Waals surface area contributed by atoms with E-state index < -0.39 is 11.8 Å². The van der Waals surface area contributed by atoms with Gasteiger partial charge < -0.3 is 35.6 Å². The van der Waals surface area contributed by atoms with Crippen LogP contribution in [0, 0.1) is 11.7 Å². The Bertz CT molecular complexity index is 1250. The number of carboxylic acids is 1. The number of aliphatic carboxylic acids is 1. The second-order valence-electron chi connectivity index (χ2n) is 11.5. The van der Waals surface area contributed by atoms with Crippen molar-refractivity contribution in [2.24, 2.45) is 11.7 Å². The number of aryl methyl sites for hydroxylation is 1. The van der Waals surface area contributed by atoms with Crippen LogP contribution < -0.4 is 20.9 Å². The van der Waals surface area contributed by atoms with Gasteiger partial charge in [0.15, 0.2) is 11.6 Å². The molecule has 2 aromatic rings. The molecule has 240 valence electrons. The van der Waals surface area contributed by atoms with E-state index in [0.717, 1.165) is 31.2 Å². The molecule has 1 aliphatic carbocycles. The van der Waals surface area contributed by atoms with Gasteiger partial charge in [-0.1, -0.05) is 31.4 Å². The molecule has 1 atom stereocenters. The van der Waals surface area contributed by atoms with Gasteiger partial charge in [0.25, 0.3) is 0 Å². The van der Waals surface area contributed by atoms with Crippen molar-refractivity contribution in [3.63, 3.8) is 0 Å². The summed E-state index contributed by atoms with van der Waals surface area (Å²) in [4.78, 5) is 47.7. The van der Waals surface area contributed by atoms with Crippen LogP contribution in [0.15, 0.2) is 30.6 Å². The number of nitrogens with one attached hydrogen (secondary N) is 1. The maximum Gasteiger partial charge on any atom is 0.321 e. The van der Waals surface area contributed by atoms with Crippen LogP contribution in [-0.4, -0.2) is 90.4 Å². The lowest BCUT2D eigenvalue weighted by Crippen LogP contribution is -2.43. The van der Waals surface area contributed by atoms with E-state index in [-0.39, 0.29) is 30.1 Å². The first kappa shape index (κ1) is 32.9. The Morgan fingerprint density at radius 3 is 2.41 bits per heavy atom. The third-order valence-corrected chi connectivity index (χ3v) is 8.46. The highest BCUT2D eigenvalue weighted by molar-refractivity contribution is 5.89. The topological polar surface area (TPSA) is 154 Å². The Hall–Kier alpha value is -4.00. The quantitative estimate of drug-likeness (QED) is 0.405. The monoisotopic (exact) mass is 613 g/mol. The smallest absolute Gasteiger partial charge is 0.321 e. The maximum atomic E-state index is 15.1. The van der Waals surface area contributed by atoms with Crippen molar-refractivity contribution in [1.82, 2.24) is 14.9 Å². The number of amides is 3. The highest BCUT2D eigenvalue weighted by Crippen LogP contribution is 2.31. The number of piperidine rings is 1. The zero-order valence-corrected chi connectivity index (χ0v) is 25.4. The minimum Gasteiger partial charge on any atom is -0.481 e. The lowest BCUT2D eigenvalue weighted by atomic mass is 9.94. The van der Waals surface area contributed by atoms with E-state index in [1.165, 1.54) is 25.6 Å². The Kier molecular flexibility index (Phi) is 12.1. The number of halogens is 1. The zero-order valence-electron chi connectivity index (χ0n) is 25.4. The summed E-state index contributed by atoms with van der Waals surface area (Å²) in [6, 6.07) is 7.43. The number of primary amides is 1. The molecule has 0 spiro atoms. The molecule has 0 bridgehead atoms. The van der Waals surface area contributed by atoms with Gasteiger partial charge in [-0.2, -0.15) is 4.39 Å². The first-order chi connectivity index (χ1) is 21.2. The van der Waals surface area contributed by atoms with E-state index in [9.17, 15) is 14.4 Å². The molecule has 5 rings (SSSR count). The third-order valence-electron chi connectivity index (χ3n) is 8.46. The molecule has 3 amide bonds. The lowest BCUT2D eigenvalue weighted by molar-refractivity contribution is -0.137. The number of anilines is 3. The van der Waals surface area contributed by atoms with Gasteiger partial charge in [0, 0.05) is 51.4 Å². The lowest BCUT2D eigenvalue weighted by Gasteiger charge is -2.35. The Morgan fingerprint density at radius 2 is 1.75 bits per heavy atom.